The Kier molecular flexibility index (Phi) is 6.10. The van der Waals surface area contributed by atoms with Crippen molar-refractivity contribution >= 4 is 45.1 Å². The third kappa shape index (κ3) is 5.18. The second-order valence-electron chi connectivity index (χ2n) is 6.71. The number of aromatic hydroxyl groups is 1. The maximum absolute atomic E-state index is 12.3. The monoisotopic (exact) mass is 432 g/mol. The highest BCUT2D eigenvalue weighted by atomic mass is 79.9. The minimum absolute atomic E-state index is 0.127. The number of hydrogen-bond acceptors (Lipinski definition) is 6. The lowest BCUT2D eigenvalue weighted by Gasteiger charge is -2.35. The minimum Gasteiger partial charge on any atom is -0.505 e. The van der Waals surface area contributed by atoms with Gasteiger partial charge in [-0.15, -0.1) is 11.3 Å². The molecule has 1 saturated heterocycles. The van der Waals surface area contributed by atoms with E-state index >= 15 is 0 Å². The lowest BCUT2D eigenvalue weighted by Crippen LogP contribution is -2.51. The van der Waals surface area contributed by atoms with E-state index in [2.05, 4.69) is 15.9 Å². The first-order valence-corrected chi connectivity index (χ1v) is 9.50. The van der Waals surface area contributed by atoms with Gasteiger partial charge in [-0.1, -0.05) is 0 Å². The van der Waals surface area contributed by atoms with Crippen LogP contribution >= 0.6 is 27.3 Å². The highest BCUT2D eigenvalue weighted by molar-refractivity contribution is 9.10. The molecule has 0 radical (unpaired) electrons. The quantitative estimate of drug-likeness (QED) is 0.585. The molecule has 25 heavy (non-hydrogen) atoms. The Bertz CT molecular complexity index is 675. The standard InChI is InChI=1S/C16H21BrN2O5S/c1-16(2,3)24-15(23)19-6-4-18(5-7-19)12(21)8-11(20)14-13(22)10(17)9-25-14/h9,22H,4-8H2,1-3H3. The van der Waals surface area contributed by atoms with Gasteiger partial charge in [-0.25, -0.2) is 4.79 Å². The summed E-state index contributed by atoms with van der Waals surface area (Å²) in [7, 11) is 0. The Morgan fingerprint density at radius 3 is 2.24 bits per heavy atom. The summed E-state index contributed by atoms with van der Waals surface area (Å²) in [5.74, 6) is -0.844. The molecule has 0 atom stereocenters. The average Bonchev–Trinajstić information content (AvgIpc) is 2.85. The maximum Gasteiger partial charge on any atom is 0.410 e. The number of ketones is 1. The van der Waals surface area contributed by atoms with Crippen LogP contribution in [0.2, 0.25) is 0 Å². The summed E-state index contributed by atoms with van der Waals surface area (Å²) in [6, 6.07) is 0. The molecule has 1 fully saturated rings. The molecule has 2 amide bonds. The molecule has 0 aliphatic carbocycles. The van der Waals surface area contributed by atoms with Crippen LogP contribution in [0, 0.1) is 0 Å². The zero-order valence-corrected chi connectivity index (χ0v) is 16.8. The van der Waals surface area contributed by atoms with Gasteiger partial charge >= 0.3 is 6.09 Å². The Morgan fingerprint density at radius 2 is 1.76 bits per heavy atom. The van der Waals surface area contributed by atoms with E-state index in [1.54, 1.807) is 36.0 Å². The van der Waals surface area contributed by atoms with Crippen molar-refractivity contribution in [1.82, 2.24) is 9.80 Å². The van der Waals surface area contributed by atoms with Gasteiger partial charge in [0.25, 0.3) is 0 Å². The molecule has 1 aromatic rings. The summed E-state index contributed by atoms with van der Waals surface area (Å²) < 4.78 is 5.75. The van der Waals surface area contributed by atoms with Crippen molar-refractivity contribution in [2.75, 3.05) is 26.2 Å². The van der Waals surface area contributed by atoms with E-state index in [0.29, 0.717) is 30.7 Å². The van der Waals surface area contributed by atoms with Gasteiger partial charge in [-0.05, 0) is 36.7 Å². The van der Waals surface area contributed by atoms with Gasteiger partial charge in [0.05, 0.1) is 10.9 Å². The molecular weight excluding hydrogens is 412 g/mol. The summed E-state index contributed by atoms with van der Waals surface area (Å²) in [6.45, 7) is 6.84. The number of carbonyl (C=O) groups is 3. The molecule has 0 unspecified atom stereocenters. The maximum atomic E-state index is 12.3. The molecule has 1 aliphatic rings. The van der Waals surface area contributed by atoms with E-state index in [9.17, 15) is 19.5 Å². The van der Waals surface area contributed by atoms with Gasteiger partial charge < -0.3 is 19.6 Å². The molecular formula is C16H21BrN2O5S. The molecule has 0 spiro atoms. The lowest BCUT2D eigenvalue weighted by molar-refractivity contribution is -0.131. The third-order valence-electron chi connectivity index (χ3n) is 3.57. The number of rotatable bonds is 3. The van der Waals surface area contributed by atoms with Crippen molar-refractivity contribution in [2.24, 2.45) is 0 Å². The first kappa shape index (κ1) is 19.7. The van der Waals surface area contributed by atoms with E-state index in [0.717, 1.165) is 11.3 Å². The van der Waals surface area contributed by atoms with Gasteiger partial charge in [-0.3, -0.25) is 9.59 Å². The van der Waals surface area contributed by atoms with Crippen molar-refractivity contribution < 1.29 is 24.2 Å². The predicted molar refractivity (Wildman–Crippen MR) is 97.0 cm³/mol. The number of amides is 2. The highest BCUT2D eigenvalue weighted by Gasteiger charge is 2.29. The molecule has 9 heteroatoms. The topological polar surface area (TPSA) is 87.2 Å². The summed E-state index contributed by atoms with van der Waals surface area (Å²) in [5.41, 5.74) is -0.562. The number of carbonyl (C=O) groups excluding carboxylic acids is 3. The first-order chi connectivity index (χ1) is 11.6. The second-order valence-corrected chi connectivity index (χ2v) is 8.44. The Labute approximate surface area is 158 Å². The summed E-state index contributed by atoms with van der Waals surface area (Å²) in [6.07, 6.45) is -0.698. The van der Waals surface area contributed by atoms with Gasteiger partial charge in [0.2, 0.25) is 5.91 Å². The molecule has 1 aromatic heterocycles. The minimum atomic E-state index is -0.562. The molecule has 0 saturated carbocycles. The normalized spacial score (nSPS) is 15.2. The zero-order chi connectivity index (χ0) is 18.8. The van der Waals surface area contributed by atoms with E-state index in [4.69, 9.17) is 4.74 Å². The fraction of sp³-hybridized carbons (Fsp3) is 0.562. The van der Waals surface area contributed by atoms with Crippen LogP contribution < -0.4 is 0 Å². The highest BCUT2D eigenvalue weighted by Crippen LogP contribution is 2.34. The molecule has 2 rings (SSSR count). The number of ether oxygens (including phenoxy) is 1. The van der Waals surface area contributed by atoms with Crippen LogP contribution in [-0.2, 0) is 9.53 Å². The van der Waals surface area contributed by atoms with Crippen molar-refractivity contribution in [3.8, 4) is 5.75 Å². The van der Waals surface area contributed by atoms with Gasteiger partial charge in [-0.2, -0.15) is 0 Å². The predicted octanol–water partition coefficient (Wildman–Crippen LogP) is 2.87. The summed E-state index contributed by atoms with van der Waals surface area (Å²) >= 11 is 4.23. The molecule has 0 bridgehead atoms. The number of hydrogen-bond donors (Lipinski definition) is 1. The zero-order valence-electron chi connectivity index (χ0n) is 14.4. The fourth-order valence-electron chi connectivity index (χ4n) is 2.32. The largest absolute Gasteiger partial charge is 0.505 e. The van der Waals surface area contributed by atoms with Crippen molar-refractivity contribution in [3.05, 3.63) is 14.7 Å². The fourth-order valence-corrected chi connectivity index (χ4v) is 3.69. The van der Waals surface area contributed by atoms with Crippen LogP contribution in [-0.4, -0.2) is 64.5 Å². The average molecular weight is 433 g/mol. The molecule has 1 aliphatic heterocycles. The Hall–Kier alpha value is -1.61. The van der Waals surface area contributed by atoms with Crippen LogP contribution in [0.25, 0.3) is 0 Å². The van der Waals surface area contributed by atoms with Crippen LogP contribution in [0.1, 0.15) is 36.9 Å². The second kappa shape index (κ2) is 7.74. The summed E-state index contributed by atoms with van der Waals surface area (Å²) in [4.78, 5) is 39.7. The Morgan fingerprint density at radius 1 is 1.20 bits per heavy atom. The number of nitrogens with zero attached hydrogens (tertiary/aromatic N) is 2. The van der Waals surface area contributed by atoms with Crippen LogP contribution in [0.4, 0.5) is 4.79 Å². The van der Waals surface area contributed by atoms with Gasteiger partial charge in [0.15, 0.2) is 11.5 Å². The number of Topliss-reactive ketones (excluding diaryl/α,β-unsaturated/α-hetero) is 1. The molecule has 138 valence electrons. The number of piperazine rings is 1. The summed E-state index contributed by atoms with van der Waals surface area (Å²) in [5, 5.41) is 11.4. The van der Waals surface area contributed by atoms with E-state index < -0.39 is 17.5 Å². The van der Waals surface area contributed by atoms with Gasteiger partial charge in [0, 0.05) is 31.6 Å². The van der Waals surface area contributed by atoms with Crippen molar-refractivity contribution in [3.63, 3.8) is 0 Å². The molecule has 7 nitrogen and oxygen atoms in total. The Balaban J connectivity index is 1.86. The SMILES string of the molecule is CC(C)(C)OC(=O)N1CCN(C(=O)CC(=O)c2scc(Br)c2O)CC1. The van der Waals surface area contributed by atoms with Crippen LogP contribution in [0.15, 0.2) is 9.85 Å². The van der Waals surface area contributed by atoms with E-state index in [1.807, 2.05) is 0 Å². The number of thiophene rings is 1. The third-order valence-corrected chi connectivity index (χ3v) is 5.49. The first-order valence-electron chi connectivity index (χ1n) is 7.83. The molecule has 1 N–H and O–H groups in total. The van der Waals surface area contributed by atoms with Gasteiger partial charge in [0.1, 0.15) is 10.5 Å². The number of halogens is 1. The van der Waals surface area contributed by atoms with E-state index in [-0.39, 0.29) is 23.0 Å². The van der Waals surface area contributed by atoms with Crippen LogP contribution in [0.5, 0.6) is 5.75 Å². The molecule has 2 heterocycles. The van der Waals surface area contributed by atoms with E-state index in [1.165, 1.54) is 0 Å². The molecule has 0 aromatic carbocycles. The van der Waals surface area contributed by atoms with Crippen molar-refractivity contribution in [1.29, 1.82) is 0 Å². The lowest BCUT2D eigenvalue weighted by atomic mass is 10.2. The smallest absolute Gasteiger partial charge is 0.410 e. The van der Waals surface area contributed by atoms with Crippen molar-refractivity contribution in [2.45, 2.75) is 32.8 Å². The van der Waals surface area contributed by atoms with Crippen LogP contribution in [0.3, 0.4) is 0 Å².